The highest BCUT2D eigenvalue weighted by Crippen LogP contribution is 2.23. The molecule has 0 atom stereocenters. The molecule has 37 heavy (non-hydrogen) atoms. The zero-order valence-electron chi connectivity index (χ0n) is 21.7. The van der Waals surface area contributed by atoms with Crippen LogP contribution in [0.5, 0.6) is 0 Å². The largest absolute Gasteiger partial charge is 0.371 e. The van der Waals surface area contributed by atoms with E-state index in [9.17, 15) is 4.79 Å². The molecule has 0 unspecified atom stereocenters. The molecule has 1 saturated heterocycles. The predicted octanol–water partition coefficient (Wildman–Crippen LogP) is 5.56. The number of hydrogen-bond acceptors (Lipinski definition) is 4. The summed E-state index contributed by atoms with van der Waals surface area (Å²) in [5.41, 5.74) is 7.36. The monoisotopic (exact) mass is 493 g/mol. The fourth-order valence-corrected chi connectivity index (χ4v) is 4.98. The number of amides is 1. The molecular formula is C31H35N5O. The summed E-state index contributed by atoms with van der Waals surface area (Å²) in [6.45, 7) is 7.68. The Balaban J connectivity index is 1.07. The van der Waals surface area contributed by atoms with Gasteiger partial charge in [0.05, 0.1) is 12.7 Å². The van der Waals surface area contributed by atoms with E-state index < -0.39 is 0 Å². The highest BCUT2D eigenvalue weighted by molar-refractivity contribution is 6.05. The van der Waals surface area contributed by atoms with Crippen LogP contribution in [0.15, 0.2) is 85.2 Å². The normalized spacial score (nSPS) is 14.1. The molecule has 6 nitrogen and oxygen atoms in total. The molecule has 0 bridgehead atoms. The van der Waals surface area contributed by atoms with E-state index in [1.165, 1.54) is 16.8 Å². The second kappa shape index (κ2) is 11.4. The molecule has 4 aromatic rings. The third kappa shape index (κ3) is 6.46. The summed E-state index contributed by atoms with van der Waals surface area (Å²) in [5.74, 6) is -0.0669. The maximum absolute atomic E-state index is 12.7. The highest BCUT2D eigenvalue weighted by Gasteiger charge is 2.19. The number of carbonyl (C=O) groups is 1. The van der Waals surface area contributed by atoms with E-state index in [0.29, 0.717) is 11.6 Å². The van der Waals surface area contributed by atoms with Gasteiger partial charge in [-0.15, -0.1) is 0 Å². The first-order valence-electron chi connectivity index (χ1n) is 13.1. The SMILES string of the molecule is Cc1ccc(C(=O)Nc2ccc(N3CCC(NCc4cnn(Cc5ccccc5)c4)CC3)cc2)c(C)c1. The van der Waals surface area contributed by atoms with Crippen molar-refractivity contribution in [3.05, 3.63) is 113 Å². The van der Waals surface area contributed by atoms with Gasteiger partial charge in [0.25, 0.3) is 5.91 Å². The molecule has 6 heteroatoms. The van der Waals surface area contributed by atoms with Gasteiger partial charge < -0.3 is 15.5 Å². The van der Waals surface area contributed by atoms with Crippen LogP contribution < -0.4 is 15.5 Å². The molecule has 1 fully saturated rings. The number of nitrogens with zero attached hydrogens (tertiary/aromatic N) is 3. The van der Waals surface area contributed by atoms with Gasteiger partial charge in [-0.2, -0.15) is 5.10 Å². The lowest BCUT2D eigenvalue weighted by atomic mass is 10.0. The zero-order chi connectivity index (χ0) is 25.6. The smallest absolute Gasteiger partial charge is 0.255 e. The van der Waals surface area contributed by atoms with E-state index in [1.54, 1.807) is 0 Å². The van der Waals surface area contributed by atoms with Crippen molar-refractivity contribution in [2.24, 2.45) is 0 Å². The summed E-state index contributed by atoms with van der Waals surface area (Å²) >= 11 is 0. The number of benzene rings is 3. The quantitative estimate of drug-likeness (QED) is 0.337. The fraction of sp³-hybridized carbons (Fsp3) is 0.290. The van der Waals surface area contributed by atoms with E-state index in [4.69, 9.17) is 0 Å². The van der Waals surface area contributed by atoms with Crippen LogP contribution in [0.2, 0.25) is 0 Å². The van der Waals surface area contributed by atoms with Crippen molar-refractivity contribution in [1.82, 2.24) is 15.1 Å². The van der Waals surface area contributed by atoms with Gasteiger partial charge in [-0.05, 0) is 68.1 Å². The molecule has 1 aliphatic rings. The minimum atomic E-state index is -0.0669. The number of aromatic nitrogens is 2. The van der Waals surface area contributed by atoms with Gasteiger partial charge in [-0.25, -0.2) is 0 Å². The second-order valence-electron chi connectivity index (χ2n) is 9.99. The Kier molecular flexibility index (Phi) is 7.66. The summed E-state index contributed by atoms with van der Waals surface area (Å²) in [7, 11) is 0. The summed E-state index contributed by atoms with van der Waals surface area (Å²) in [4.78, 5) is 15.1. The third-order valence-corrected chi connectivity index (χ3v) is 7.08. The molecule has 0 spiro atoms. The van der Waals surface area contributed by atoms with Crippen LogP contribution in [0.1, 0.15) is 45.5 Å². The van der Waals surface area contributed by atoms with Crippen LogP contribution in [0.4, 0.5) is 11.4 Å². The fourth-order valence-electron chi connectivity index (χ4n) is 4.98. The molecule has 1 aromatic heterocycles. The molecule has 5 rings (SSSR count). The van der Waals surface area contributed by atoms with Crippen molar-refractivity contribution in [3.63, 3.8) is 0 Å². The van der Waals surface area contributed by atoms with Gasteiger partial charge in [-0.3, -0.25) is 9.48 Å². The molecule has 0 radical (unpaired) electrons. The van der Waals surface area contributed by atoms with Crippen LogP contribution in [-0.2, 0) is 13.1 Å². The Morgan fingerprint density at radius 2 is 1.70 bits per heavy atom. The van der Waals surface area contributed by atoms with Gasteiger partial charge in [0.2, 0.25) is 0 Å². The second-order valence-corrected chi connectivity index (χ2v) is 9.99. The van der Waals surface area contributed by atoms with E-state index in [1.807, 2.05) is 61.1 Å². The van der Waals surface area contributed by atoms with Crippen molar-refractivity contribution < 1.29 is 4.79 Å². The maximum Gasteiger partial charge on any atom is 0.255 e. The zero-order valence-corrected chi connectivity index (χ0v) is 21.7. The summed E-state index contributed by atoms with van der Waals surface area (Å²) in [6.07, 6.45) is 6.30. The van der Waals surface area contributed by atoms with Gasteiger partial charge in [0.15, 0.2) is 0 Å². The Bertz CT molecular complexity index is 1320. The lowest BCUT2D eigenvalue weighted by Crippen LogP contribution is -2.42. The average Bonchev–Trinajstić information content (AvgIpc) is 3.36. The van der Waals surface area contributed by atoms with Crippen LogP contribution in [0.25, 0.3) is 0 Å². The molecular weight excluding hydrogens is 458 g/mol. The molecule has 190 valence electrons. The summed E-state index contributed by atoms with van der Waals surface area (Å²) < 4.78 is 2.00. The third-order valence-electron chi connectivity index (χ3n) is 7.08. The molecule has 0 saturated carbocycles. The van der Waals surface area contributed by atoms with E-state index >= 15 is 0 Å². The Morgan fingerprint density at radius 3 is 2.43 bits per heavy atom. The number of aryl methyl sites for hydroxylation is 2. The molecule has 2 heterocycles. The lowest BCUT2D eigenvalue weighted by Gasteiger charge is -2.34. The number of piperidine rings is 1. The van der Waals surface area contributed by atoms with Gasteiger partial charge in [0.1, 0.15) is 0 Å². The Hall–Kier alpha value is -3.90. The van der Waals surface area contributed by atoms with Crippen molar-refractivity contribution in [3.8, 4) is 0 Å². The van der Waals surface area contributed by atoms with Crippen molar-refractivity contribution in [2.75, 3.05) is 23.3 Å². The van der Waals surface area contributed by atoms with Crippen LogP contribution in [0.3, 0.4) is 0 Å². The molecule has 3 aromatic carbocycles. The lowest BCUT2D eigenvalue weighted by molar-refractivity contribution is 0.102. The van der Waals surface area contributed by atoms with E-state index in [-0.39, 0.29) is 5.91 Å². The molecule has 2 N–H and O–H groups in total. The number of rotatable bonds is 8. The van der Waals surface area contributed by atoms with Gasteiger partial charge in [-0.1, -0.05) is 48.0 Å². The van der Waals surface area contributed by atoms with Crippen molar-refractivity contribution in [2.45, 2.75) is 45.8 Å². The van der Waals surface area contributed by atoms with Crippen molar-refractivity contribution >= 4 is 17.3 Å². The number of nitrogens with one attached hydrogen (secondary N) is 2. The Labute approximate surface area is 219 Å². The van der Waals surface area contributed by atoms with Crippen molar-refractivity contribution in [1.29, 1.82) is 0 Å². The first kappa shape index (κ1) is 24.8. The van der Waals surface area contributed by atoms with Gasteiger partial charge >= 0.3 is 0 Å². The maximum atomic E-state index is 12.7. The minimum absolute atomic E-state index is 0.0669. The standard InChI is InChI=1S/C31H35N5O/c1-23-8-13-30(24(2)18-23)31(37)34-28-9-11-29(12-10-28)35-16-14-27(15-17-35)32-19-26-20-33-36(22-26)21-25-6-4-3-5-7-25/h3-13,18,20,22,27,32H,14-17,19,21H2,1-2H3,(H,34,37). The number of carbonyl (C=O) groups excluding carboxylic acids is 1. The van der Waals surface area contributed by atoms with Crippen LogP contribution in [0, 0.1) is 13.8 Å². The first-order chi connectivity index (χ1) is 18.0. The van der Waals surface area contributed by atoms with E-state index in [2.05, 4.69) is 63.2 Å². The first-order valence-corrected chi connectivity index (χ1v) is 13.1. The van der Waals surface area contributed by atoms with Gasteiger partial charge in [0, 0.05) is 54.4 Å². The predicted molar refractivity (Wildman–Crippen MR) is 150 cm³/mol. The summed E-state index contributed by atoms with van der Waals surface area (Å²) in [6, 6.07) is 25.0. The van der Waals surface area contributed by atoms with E-state index in [0.717, 1.165) is 55.8 Å². The summed E-state index contributed by atoms with van der Waals surface area (Å²) in [5, 5.41) is 11.3. The topological polar surface area (TPSA) is 62.2 Å². The number of anilines is 2. The molecule has 0 aliphatic carbocycles. The molecule has 1 aliphatic heterocycles. The molecule has 1 amide bonds. The average molecular weight is 494 g/mol. The number of hydrogen-bond donors (Lipinski definition) is 2. The van der Waals surface area contributed by atoms with Crippen LogP contribution in [-0.4, -0.2) is 34.8 Å². The minimum Gasteiger partial charge on any atom is -0.371 e. The van der Waals surface area contributed by atoms with Crippen LogP contribution >= 0.6 is 0 Å². The Morgan fingerprint density at radius 1 is 0.946 bits per heavy atom. The highest BCUT2D eigenvalue weighted by atomic mass is 16.1.